The number of likely N-dealkylation sites (tertiary alicyclic amines) is 1. The number of aliphatic carboxylic acids is 1. The van der Waals surface area contributed by atoms with Crippen LogP contribution in [0.4, 0.5) is 4.79 Å². The van der Waals surface area contributed by atoms with Gasteiger partial charge in [-0.15, -0.1) is 0 Å². The summed E-state index contributed by atoms with van der Waals surface area (Å²) in [6, 6.07) is 2.43. The average Bonchev–Trinajstić information content (AvgIpc) is 2.87. The van der Waals surface area contributed by atoms with E-state index in [0.29, 0.717) is 13.0 Å². The Bertz CT molecular complexity index is 508. The van der Waals surface area contributed by atoms with Gasteiger partial charge in [0.25, 0.3) is 0 Å². The van der Waals surface area contributed by atoms with Gasteiger partial charge >= 0.3 is 12.0 Å². The Kier molecular flexibility index (Phi) is 4.74. The fourth-order valence-corrected chi connectivity index (χ4v) is 2.42. The van der Waals surface area contributed by atoms with E-state index >= 15 is 0 Å². The maximum absolute atomic E-state index is 12.3. The Morgan fingerprint density at radius 3 is 2.71 bits per heavy atom. The van der Waals surface area contributed by atoms with E-state index in [2.05, 4.69) is 4.98 Å². The zero-order valence-electron chi connectivity index (χ0n) is 11.8. The quantitative estimate of drug-likeness (QED) is 0.827. The number of carbonyl (C=O) groups is 2. The van der Waals surface area contributed by atoms with Crippen LogP contribution in [-0.2, 0) is 11.2 Å². The molecule has 1 fully saturated rings. The minimum Gasteiger partial charge on any atom is -0.480 e. The first-order valence-corrected chi connectivity index (χ1v) is 6.80. The minimum atomic E-state index is -1.08. The molecular weight excluding hydrogens is 274 g/mol. The largest absolute Gasteiger partial charge is 0.480 e. The van der Waals surface area contributed by atoms with Gasteiger partial charge in [0.1, 0.15) is 6.04 Å². The number of nitrogens with zero attached hydrogens (tertiary/aromatic N) is 3. The Morgan fingerprint density at radius 2 is 2.10 bits per heavy atom. The standard InChI is InChI=1S/C14H19N3O4/c1-16(7-4-10-2-5-15-6-3-10)14(21)17-9-11(18)8-12(17)13(19)20/h2-3,5-6,11-12,18H,4,7-9H2,1H3,(H,19,20)/t11-,12-/m0/s1. The molecule has 7 heteroatoms. The highest BCUT2D eigenvalue weighted by molar-refractivity contribution is 5.83. The summed E-state index contributed by atoms with van der Waals surface area (Å²) >= 11 is 0. The van der Waals surface area contributed by atoms with Crippen LogP contribution in [0, 0.1) is 0 Å². The lowest BCUT2D eigenvalue weighted by Gasteiger charge is -2.27. The molecule has 2 rings (SSSR count). The number of likely N-dealkylation sites (N-methyl/N-ethyl adjacent to an activating group) is 1. The molecule has 0 saturated carbocycles. The van der Waals surface area contributed by atoms with Crippen molar-refractivity contribution >= 4 is 12.0 Å². The molecule has 1 aliphatic rings. The van der Waals surface area contributed by atoms with Crippen molar-refractivity contribution in [1.29, 1.82) is 0 Å². The molecule has 0 radical (unpaired) electrons. The summed E-state index contributed by atoms with van der Waals surface area (Å²) in [7, 11) is 1.63. The van der Waals surface area contributed by atoms with Gasteiger partial charge in [0.05, 0.1) is 6.10 Å². The lowest BCUT2D eigenvalue weighted by atomic mass is 10.2. The third-order valence-corrected chi connectivity index (χ3v) is 3.62. The van der Waals surface area contributed by atoms with Crippen molar-refractivity contribution in [1.82, 2.24) is 14.8 Å². The van der Waals surface area contributed by atoms with Crippen molar-refractivity contribution in [2.45, 2.75) is 25.0 Å². The van der Waals surface area contributed by atoms with Gasteiger partial charge < -0.3 is 20.0 Å². The smallest absolute Gasteiger partial charge is 0.326 e. The van der Waals surface area contributed by atoms with Crippen molar-refractivity contribution < 1.29 is 19.8 Å². The second kappa shape index (κ2) is 6.53. The first-order chi connectivity index (χ1) is 9.99. The summed E-state index contributed by atoms with van der Waals surface area (Å²) in [5.41, 5.74) is 1.06. The number of aromatic nitrogens is 1. The first-order valence-electron chi connectivity index (χ1n) is 6.80. The molecule has 21 heavy (non-hydrogen) atoms. The topological polar surface area (TPSA) is 94.0 Å². The molecule has 1 saturated heterocycles. The van der Waals surface area contributed by atoms with Crippen LogP contribution >= 0.6 is 0 Å². The Morgan fingerprint density at radius 1 is 1.43 bits per heavy atom. The van der Waals surface area contributed by atoms with Gasteiger partial charge in [-0.2, -0.15) is 0 Å². The number of rotatable bonds is 4. The van der Waals surface area contributed by atoms with Crippen molar-refractivity contribution in [3.05, 3.63) is 30.1 Å². The highest BCUT2D eigenvalue weighted by Gasteiger charge is 2.39. The molecule has 1 aromatic heterocycles. The van der Waals surface area contributed by atoms with E-state index in [1.165, 1.54) is 9.80 Å². The van der Waals surface area contributed by atoms with Crippen LogP contribution in [-0.4, -0.2) is 69.3 Å². The van der Waals surface area contributed by atoms with Crippen LogP contribution < -0.4 is 0 Å². The number of pyridine rings is 1. The van der Waals surface area contributed by atoms with E-state index in [1.807, 2.05) is 12.1 Å². The molecule has 2 N–H and O–H groups in total. The molecule has 2 atom stereocenters. The number of aliphatic hydroxyl groups excluding tert-OH is 1. The molecular formula is C14H19N3O4. The zero-order valence-corrected chi connectivity index (χ0v) is 11.8. The predicted octanol–water partition coefficient (Wildman–Crippen LogP) is 0.196. The van der Waals surface area contributed by atoms with Crippen LogP contribution in [0.3, 0.4) is 0 Å². The second-order valence-corrected chi connectivity index (χ2v) is 5.21. The molecule has 2 amide bonds. The van der Waals surface area contributed by atoms with Crippen LogP contribution in [0.15, 0.2) is 24.5 Å². The highest BCUT2D eigenvalue weighted by Crippen LogP contribution is 2.19. The van der Waals surface area contributed by atoms with Gasteiger partial charge in [0.2, 0.25) is 0 Å². The lowest BCUT2D eigenvalue weighted by Crippen LogP contribution is -2.47. The average molecular weight is 293 g/mol. The maximum atomic E-state index is 12.3. The van der Waals surface area contributed by atoms with E-state index in [-0.39, 0.29) is 19.0 Å². The number of carboxylic acids is 1. The molecule has 1 aromatic rings. The monoisotopic (exact) mass is 293 g/mol. The van der Waals surface area contributed by atoms with Crippen LogP contribution in [0.2, 0.25) is 0 Å². The van der Waals surface area contributed by atoms with Crippen molar-refractivity contribution in [2.75, 3.05) is 20.1 Å². The van der Waals surface area contributed by atoms with Gasteiger partial charge in [0, 0.05) is 39.0 Å². The summed E-state index contributed by atoms with van der Waals surface area (Å²) in [4.78, 5) is 30.1. The van der Waals surface area contributed by atoms with E-state index < -0.39 is 18.1 Å². The molecule has 1 aliphatic heterocycles. The Hall–Kier alpha value is -2.15. The number of carboxylic acid groups (broad SMARTS) is 1. The van der Waals surface area contributed by atoms with Gasteiger partial charge in [-0.05, 0) is 24.1 Å². The van der Waals surface area contributed by atoms with Crippen LogP contribution in [0.1, 0.15) is 12.0 Å². The molecule has 2 heterocycles. The molecule has 0 unspecified atom stereocenters. The number of urea groups is 1. The minimum absolute atomic E-state index is 0.0649. The number of amides is 2. The van der Waals surface area contributed by atoms with E-state index in [1.54, 1.807) is 19.4 Å². The highest BCUT2D eigenvalue weighted by atomic mass is 16.4. The number of hydrogen-bond donors (Lipinski definition) is 2. The second-order valence-electron chi connectivity index (χ2n) is 5.21. The number of aliphatic hydroxyl groups is 1. The van der Waals surface area contributed by atoms with Gasteiger partial charge in [-0.25, -0.2) is 9.59 Å². The molecule has 114 valence electrons. The fourth-order valence-electron chi connectivity index (χ4n) is 2.42. The molecule has 0 aliphatic carbocycles. The Balaban J connectivity index is 1.94. The lowest BCUT2D eigenvalue weighted by molar-refractivity contribution is -0.141. The molecule has 0 spiro atoms. The zero-order chi connectivity index (χ0) is 15.4. The maximum Gasteiger partial charge on any atom is 0.326 e. The number of hydrogen-bond acceptors (Lipinski definition) is 4. The fraction of sp³-hybridized carbons (Fsp3) is 0.500. The third-order valence-electron chi connectivity index (χ3n) is 3.62. The summed E-state index contributed by atoms with van der Waals surface area (Å²) in [5.74, 6) is -1.08. The van der Waals surface area contributed by atoms with E-state index in [0.717, 1.165) is 5.56 Å². The SMILES string of the molecule is CN(CCc1ccncc1)C(=O)N1C[C@@H](O)C[C@H]1C(=O)O. The third kappa shape index (κ3) is 3.69. The number of carbonyl (C=O) groups excluding carboxylic acids is 1. The number of β-amino-alcohol motifs (C(OH)–C–C–N with tert-alkyl or cyclic N) is 1. The molecule has 0 aromatic carbocycles. The van der Waals surface area contributed by atoms with Crippen molar-refractivity contribution in [3.63, 3.8) is 0 Å². The molecule has 0 bridgehead atoms. The Labute approximate surface area is 122 Å². The van der Waals surface area contributed by atoms with Gasteiger partial charge in [0.15, 0.2) is 0 Å². The summed E-state index contributed by atoms with van der Waals surface area (Å²) in [5, 5.41) is 18.7. The predicted molar refractivity (Wildman–Crippen MR) is 74.7 cm³/mol. The summed E-state index contributed by atoms with van der Waals surface area (Å²) in [6.45, 7) is 0.539. The van der Waals surface area contributed by atoms with E-state index in [9.17, 15) is 14.7 Å². The van der Waals surface area contributed by atoms with Crippen LogP contribution in [0.25, 0.3) is 0 Å². The normalized spacial score (nSPS) is 21.3. The van der Waals surface area contributed by atoms with E-state index in [4.69, 9.17) is 5.11 Å². The van der Waals surface area contributed by atoms with Crippen molar-refractivity contribution in [3.8, 4) is 0 Å². The van der Waals surface area contributed by atoms with Crippen LogP contribution in [0.5, 0.6) is 0 Å². The first kappa shape index (κ1) is 15.2. The summed E-state index contributed by atoms with van der Waals surface area (Å²) in [6.07, 6.45) is 3.35. The summed E-state index contributed by atoms with van der Waals surface area (Å²) < 4.78 is 0. The van der Waals surface area contributed by atoms with Gasteiger partial charge in [-0.3, -0.25) is 4.98 Å². The van der Waals surface area contributed by atoms with Crippen molar-refractivity contribution in [2.24, 2.45) is 0 Å². The molecule has 7 nitrogen and oxygen atoms in total. The van der Waals surface area contributed by atoms with Gasteiger partial charge in [-0.1, -0.05) is 0 Å².